The smallest absolute Gasteiger partial charge is 0.223 e. The molecule has 3 heteroatoms. The Balaban J connectivity index is 1.46. The van der Waals surface area contributed by atoms with Gasteiger partial charge >= 0.3 is 0 Å². The molecule has 2 N–H and O–H groups in total. The van der Waals surface area contributed by atoms with Crippen LogP contribution in [0.1, 0.15) is 32.1 Å². The van der Waals surface area contributed by atoms with E-state index in [9.17, 15) is 4.79 Å². The Hall–Kier alpha value is -0.830. The Labute approximate surface area is 103 Å². The summed E-state index contributed by atoms with van der Waals surface area (Å²) in [5.41, 5.74) is 1.39. The fourth-order valence-corrected chi connectivity index (χ4v) is 3.53. The molecule has 17 heavy (non-hydrogen) atoms. The monoisotopic (exact) mass is 234 g/mol. The second kappa shape index (κ2) is 4.81. The standard InChI is InChI=1S/C14H22N2O/c17-14(13-11-3-1-2-4-12(11)13)16-9-10-5-7-15-8-6-10/h5,11-13,15H,1-4,6-9H2,(H,16,17). The fraction of sp³-hybridized carbons (Fsp3) is 0.786. The summed E-state index contributed by atoms with van der Waals surface area (Å²) < 4.78 is 0. The van der Waals surface area contributed by atoms with Gasteiger partial charge in [0.2, 0.25) is 5.91 Å². The molecule has 3 aliphatic rings. The Morgan fingerprint density at radius 2 is 2.12 bits per heavy atom. The molecule has 3 nitrogen and oxygen atoms in total. The largest absolute Gasteiger partial charge is 0.352 e. The summed E-state index contributed by atoms with van der Waals surface area (Å²) in [5.74, 6) is 2.14. The van der Waals surface area contributed by atoms with Crippen LogP contribution in [0.5, 0.6) is 0 Å². The van der Waals surface area contributed by atoms with Gasteiger partial charge < -0.3 is 10.6 Å². The van der Waals surface area contributed by atoms with Gasteiger partial charge in [-0.25, -0.2) is 0 Å². The van der Waals surface area contributed by atoms with Crippen molar-refractivity contribution in [3.8, 4) is 0 Å². The zero-order chi connectivity index (χ0) is 11.7. The van der Waals surface area contributed by atoms with Crippen LogP contribution in [0.4, 0.5) is 0 Å². The van der Waals surface area contributed by atoms with Gasteiger partial charge in [0.15, 0.2) is 0 Å². The first-order valence-electron chi connectivity index (χ1n) is 7.02. The third kappa shape index (κ3) is 2.39. The van der Waals surface area contributed by atoms with Crippen LogP contribution in [0.2, 0.25) is 0 Å². The zero-order valence-electron chi connectivity index (χ0n) is 10.4. The molecule has 0 aromatic rings. The average Bonchev–Trinajstić information content (AvgIpc) is 3.11. The summed E-state index contributed by atoms with van der Waals surface area (Å²) in [7, 11) is 0. The molecule has 2 fully saturated rings. The van der Waals surface area contributed by atoms with E-state index in [1.165, 1.54) is 31.3 Å². The molecular weight excluding hydrogens is 212 g/mol. The third-order valence-electron chi connectivity index (χ3n) is 4.61. The molecule has 0 aromatic carbocycles. The molecule has 2 aliphatic carbocycles. The number of fused-ring (bicyclic) bond motifs is 1. The Morgan fingerprint density at radius 1 is 1.35 bits per heavy atom. The zero-order valence-corrected chi connectivity index (χ0v) is 10.4. The van der Waals surface area contributed by atoms with E-state index in [4.69, 9.17) is 0 Å². The van der Waals surface area contributed by atoms with Crippen LogP contribution < -0.4 is 10.6 Å². The highest BCUT2D eigenvalue weighted by atomic mass is 16.2. The Kier molecular flexibility index (Phi) is 3.19. The molecule has 94 valence electrons. The van der Waals surface area contributed by atoms with Crippen molar-refractivity contribution in [2.24, 2.45) is 17.8 Å². The highest BCUT2D eigenvalue weighted by Gasteiger charge is 2.54. The summed E-state index contributed by atoms with van der Waals surface area (Å²) in [6, 6.07) is 0. The highest BCUT2D eigenvalue weighted by molar-refractivity contribution is 5.82. The molecule has 2 unspecified atom stereocenters. The van der Waals surface area contributed by atoms with Crippen molar-refractivity contribution in [2.75, 3.05) is 19.6 Å². The normalized spacial score (nSPS) is 35.8. The summed E-state index contributed by atoms with van der Waals surface area (Å²) in [6.45, 7) is 2.78. The van der Waals surface area contributed by atoms with Crippen molar-refractivity contribution in [3.05, 3.63) is 11.6 Å². The number of nitrogens with one attached hydrogen (secondary N) is 2. The number of carbonyl (C=O) groups is 1. The van der Waals surface area contributed by atoms with Crippen molar-refractivity contribution in [3.63, 3.8) is 0 Å². The fourth-order valence-electron chi connectivity index (χ4n) is 3.53. The van der Waals surface area contributed by atoms with Crippen LogP contribution >= 0.6 is 0 Å². The number of hydrogen-bond acceptors (Lipinski definition) is 2. The second-order valence-corrected chi connectivity index (χ2v) is 5.67. The molecular formula is C14H22N2O. The average molecular weight is 234 g/mol. The van der Waals surface area contributed by atoms with Crippen LogP contribution in [-0.2, 0) is 4.79 Å². The molecule has 0 spiro atoms. The van der Waals surface area contributed by atoms with Crippen molar-refractivity contribution in [1.29, 1.82) is 0 Å². The lowest BCUT2D eigenvalue weighted by molar-refractivity contribution is -0.122. The quantitative estimate of drug-likeness (QED) is 0.726. The summed E-state index contributed by atoms with van der Waals surface area (Å²) >= 11 is 0. The molecule has 1 heterocycles. The van der Waals surface area contributed by atoms with Gasteiger partial charge in [-0.2, -0.15) is 0 Å². The van der Waals surface area contributed by atoms with Crippen molar-refractivity contribution in [2.45, 2.75) is 32.1 Å². The van der Waals surface area contributed by atoms with Gasteiger partial charge in [0.25, 0.3) is 0 Å². The maximum Gasteiger partial charge on any atom is 0.223 e. The van der Waals surface area contributed by atoms with Crippen LogP contribution in [-0.4, -0.2) is 25.5 Å². The third-order valence-corrected chi connectivity index (χ3v) is 4.61. The van der Waals surface area contributed by atoms with Crippen molar-refractivity contribution >= 4 is 5.91 Å². The van der Waals surface area contributed by atoms with Gasteiger partial charge in [-0.1, -0.05) is 24.5 Å². The van der Waals surface area contributed by atoms with Gasteiger partial charge in [-0.3, -0.25) is 4.79 Å². The molecule has 0 bridgehead atoms. The predicted octanol–water partition coefficient (Wildman–Crippen LogP) is 1.46. The van der Waals surface area contributed by atoms with Gasteiger partial charge in [0, 0.05) is 19.0 Å². The number of amides is 1. The Bertz CT molecular complexity index is 325. The topological polar surface area (TPSA) is 41.1 Å². The Morgan fingerprint density at radius 3 is 2.76 bits per heavy atom. The predicted molar refractivity (Wildman–Crippen MR) is 67.5 cm³/mol. The summed E-state index contributed by atoms with van der Waals surface area (Å²) in [6.07, 6.45) is 8.54. The highest BCUT2D eigenvalue weighted by Crippen LogP contribution is 2.55. The van der Waals surface area contributed by atoms with Crippen LogP contribution in [0.3, 0.4) is 0 Å². The number of rotatable bonds is 3. The molecule has 2 atom stereocenters. The molecule has 3 rings (SSSR count). The number of hydrogen-bond donors (Lipinski definition) is 2. The van der Waals surface area contributed by atoms with E-state index < -0.39 is 0 Å². The number of carbonyl (C=O) groups excluding carboxylic acids is 1. The summed E-state index contributed by atoms with van der Waals surface area (Å²) in [5, 5.41) is 6.42. The maximum atomic E-state index is 12.1. The first-order valence-corrected chi connectivity index (χ1v) is 7.02. The molecule has 1 aliphatic heterocycles. The van der Waals surface area contributed by atoms with E-state index in [-0.39, 0.29) is 0 Å². The minimum absolute atomic E-state index is 0.321. The van der Waals surface area contributed by atoms with E-state index >= 15 is 0 Å². The van der Waals surface area contributed by atoms with Crippen molar-refractivity contribution < 1.29 is 4.79 Å². The van der Waals surface area contributed by atoms with Crippen LogP contribution in [0.15, 0.2) is 11.6 Å². The van der Waals surface area contributed by atoms with Gasteiger partial charge in [0.05, 0.1) is 0 Å². The van der Waals surface area contributed by atoms with Crippen molar-refractivity contribution in [1.82, 2.24) is 10.6 Å². The van der Waals surface area contributed by atoms with Crippen LogP contribution in [0.25, 0.3) is 0 Å². The van der Waals surface area contributed by atoms with E-state index in [0.717, 1.165) is 37.9 Å². The summed E-state index contributed by atoms with van der Waals surface area (Å²) in [4.78, 5) is 12.1. The van der Waals surface area contributed by atoms with Crippen LogP contribution in [0, 0.1) is 17.8 Å². The molecule has 0 saturated heterocycles. The lowest BCUT2D eigenvalue weighted by Gasteiger charge is -2.14. The lowest BCUT2D eigenvalue weighted by atomic mass is 10.0. The first-order chi connectivity index (χ1) is 8.36. The van der Waals surface area contributed by atoms with E-state index in [1.54, 1.807) is 0 Å². The van der Waals surface area contributed by atoms with E-state index in [1.807, 2.05) is 0 Å². The second-order valence-electron chi connectivity index (χ2n) is 5.67. The maximum absolute atomic E-state index is 12.1. The van der Waals surface area contributed by atoms with Gasteiger partial charge in [-0.05, 0) is 37.6 Å². The molecule has 0 aromatic heterocycles. The molecule has 0 radical (unpaired) electrons. The van der Waals surface area contributed by atoms with E-state index in [0.29, 0.717) is 11.8 Å². The molecule has 1 amide bonds. The SMILES string of the molecule is O=C(NCC1=CCNCC1)C1C2CCCCC21. The van der Waals surface area contributed by atoms with E-state index in [2.05, 4.69) is 16.7 Å². The lowest BCUT2D eigenvalue weighted by Crippen LogP contribution is -2.31. The minimum atomic E-state index is 0.321. The van der Waals surface area contributed by atoms with Gasteiger partial charge in [0.1, 0.15) is 0 Å². The molecule has 2 saturated carbocycles. The first kappa shape index (κ1) is 11.3. The van der Waals surface area contributed by atoms with Gasteiger partial charge in [-0.15, -0.1) is 0 Å². The minimum Gasteiger partial charge on any atom is -0.352 e.